The highest BCUT2D eigenvalue weighted by Crippen LogP contribution is 2.29. The van der Waals surface area contributed by atoms with E-state index < -0.39 is 22.5 Å². The number of hydrogen-bond donors (Lipinski definition) is 0. The number of hydrogen-bond acceptors (Lipinski definition) is 2. The molecular formula is C9H6ClF3O2. The van der Waals surface area contributed by atoms with E-state index >= 15 is 0 Å². The van der Waals surface area contributed by atoms with Crippen LogP contribution in [-0.4, -0.2) is 18.3 Å². The number of benzene rings is 1. The second-order valence-corrected chi connectivity index (χ2v) is 3.15. The number of alkyl halides is 3. The predicted molar refractivity (Wildman–Crippen MR) is 48.1 cm³/mol. The Labute approximate surface area is 88.6 Å². The highest BCUT2D eigenvalue weighted by atomic mass is 35.5. The molecule has 0 radical (unpaired) electrons. The number of Topliss-reactive ketones (excluding diaryl/α,β-unsaturated/α-hetero) is 1. The van der Waals surface area contributed by atoms with Crippen molar-refractivity contribution in [3.63, 3.8) is 0 Å². The Morgan fingerprint density at radius 1 is 1.47 bits per heavy atom. The zero-order valence-electron chi connectivity index (χ0n) is 7.56. The molecule has 0 aliphatic carbocycles. The van der Waals surface area contributed by atoms with Crippen LogP contribution in [0.25, 0.3) is 0 Å². The van der Waals surface area contributed by atoms with E-state index in [1.54, 1.807) is 0 Å². The van der Waals surface area contributed by atoms with Gasteiger partial charge in [0.1, 0.15) is 11.6 Å². The van der Waals surface area contributed by atoms with E-state index in [1.165, 1.54) is 7.11 Å². The molecule has 0 saturated carbocycles. The summed E-state index contributed by atoms with van der Waals surface area (Å²) in [5, 5.41) is -4.07. The van der Waals surface area contributed by atoms with Crippen molar-refractivity contribution in [1.82, 2.24) is 0 Å². The van der Waals surface area contributed by atoms with Crippen LogP contribution in [0.5, 0.6) is 5.75 Å². The summed E-state index contributed by atoms with van der Waals surface area (Å²) in [5.41, 5.74) is -0.586. The minimum absolute atomic E-state index is 0.151. The molecule has 15 heavy (non-hydrogen) atoms. The quantitative estimate of drug-likeness (QED) is 0.598. The van der Waals surface area contributed by atoms with Crippen molar-refractivity contribution < 1.29 is 22.7 Å². The van der Waals surface area contributed by atoms with Gasteiger partial charge in [-0.3, -0.25) is 4.79 Å². The molecule has 0 aliphatic heterocycles. The van der Waals surface area contributed by atoms with E-state index in [9.17, 15) is 18.0 Å². The Balaban J connectivity index is 3.23. The van der Waals surface area contributed by atoms with Crippen molar-refractivity contribution in [3.8, 4) is 5.75 Å². The Morgan fingerprint density at radius 2 is 2.07 bits per heavy atom. The maximum Gasteiger partial charge on any atom is 0.385 e. The van der Waals surface area contributed by atoms with Crippen molar-refractivity contribution in [2.45, 2.75) is 5.38 Å². The molecule has 0 saturated heterocycles. The molecule has 0 spiro atoms. The molecule has 0 heterocycles. The molecule has 0 aliphatic rings. The van der Waals surface area contributed by atoms with Crippen molar-refractivity contribution in [1.29, 1.82) is 0 Å². The fourth-order valence-corrected chi connectivity index (χ4v) is 1.11. The smallest absolute Gasteiger partial charge is 0.385 e. The van der Waals surface area contributed by atoms with Gasteiger partial charge in [0.05, 0.1) is 12.7 Å². The number of halogens is 4. The SMILES string of the molecule is COc1ccc(F)cc1C(=O)C(F)(F)Cl. The first-order valence-corrected chi connectivity index (χ1v) is 4.19. The molecule has 0 amide bonds. The lowest BCUT2D eigenvalue weighted by Gasteiger charge is -2.10. The van der Waals surface area contributed by atoms with E-state index in [4.69, 9.17) is 0 Å². The molecule has 82 valence electrons. The Hall–Kier alpha value is -1.23. The van der Waals surface area contributed by atoms with Crippen molar-refractivity contribution in [2.24, 2.45) is 0 Å². The molecular weight excluding hydrogens is 233 g/mol. The normalized spacial score (nSPS) is 11.3. The van der Waals surface area contributed by atoms with Crippen LogP contribution in [0.3, 0.4) is 0 Å². The van der Waals surface area contributed by atoms with Gasteiger partial charge in [-0.15, -0.1) is 0 Å². The van der Waals surface area contributed by atoms with Crippen molar-refractivity contribution >= 4 is 17.4 Å². The van der Waals surface area contributed by atoms with Gasteiger partial charge in [-0.25, -0.2) is 4.39 Å². The van der Waals surface area contributed by atoms with Gasteiger partial charge in [0.2, 0.25) is 0 Å². The zero-order chi connectivity index (χ0) is 11.6. The van der Waals surface area contributed by atoms with Crippen LogP contribution in [0.15, 0.2) is 18.2 Å². The van der Waals surface area contributed by atoms with E-state index in [2.05, 4.69) is 16.3 Å². The largest absolute Gasteiger partial charge is 0.496 e. The standard InChI is InChI=1S/C9H6ClF3O2/c1-15-7-3-2-5(11)4-6(7)8(14)9(10,12)13/h2-4H,1H3. The monoisotopic (exact) mass is 238 g/mol. The average molecular weight is 239 g/mol. The molecule has 1 rings (SSSR count). The lowest BCUT2D eigenvalue weighted by atomic mass is 10.1. The van der Waals surface area contributed by atoms with Gasteiger partial charge in [-0.2, -0.15) is 8.78 Å². The summed E-state index contributed by atoms with van der Waals surface area (Å²) in [7, 11) is 1.18. The van der Waals surface area contributed by atoms with Crippen molar-refractivity contribution in [2.75, 3.05) is 7.11 Å². The number of carbonyl (C=O) groups is 1. The summed E-state index contributed by atoms with van der Waals surface area (Å²) in [6.45, 7) is 0. The second kappa shape index (κ2) is 4.10. The Morgan fingerprint density at radius 3 is 2.53 bits per heavy atom. The molecule has 1 aromatic carbocycles. The number of ketones is 1. The fourth-order valence-electron chi connectivity index (χ4n) is 1.01. The number of carbonyl (C=O) groups excluding carboxylic acids is 1. The van der Waals surface area contributed by atoms with Gasteiger partial charge in [0, 0.05) is 0 Å². The number of methoxy groups -OCH3 is 1. The van der Waals surface area contributed by atoms with Gasteiger partial charge in [0.15, 0.2) is 0 Å². The summed E-state index contributed by atoms with van der Waals surface area (Å²) in [5.74, 6) is -2.66. The van der Waals surface area contributed by atoms with Crippen LogP contribution in [0, 0.1) is 5.82 Å². The average Bonchev–Trinajstić information content (AvgIpc) is 2.15. The lowest BCUT2D eigenvalue weighted by molar-refractivity contribution is 0.0532. The zero-order valence-corrected chi connectivity index (χ0v) is 8.32. The first-order chi connectivity index (χ1) is 6.86. The Kier molecular flexibility index (Phi) is 3.24. The van der Waals surface area contributed by atoms with Gasteiger partial charge in [-0.1, -0.05) is 0 Å². The number of ether oxygens (including phenoxy) is 1. The predicted octanol–water partition coefficient (Wildman–Crippen LogP) is 2.85. The molecule has 2 nitrogen and oxygen atoms in total. The topological polar surface area (TPSA) is 26.3 Å². The van der Waals surface area contributed by atoms with Crippen LogP contribution in [0.2, 0.25) is 0 Å². The molecule has 1 aromatic rings. The maximum absolute atomic E-state index is 12.7. The van der Waals surface area contributed by atoms with Crippen LogP contribution in [0.1, 0.15) is 10.4 Å². The van der Waals surface area contributed by atoms with E-state index in [-0.39, 0.29) is 5.75 Å². The third-order valence-electron chi connectivity index (χ3n) is 1.66. The molecule has 0 unspecified atom stereocenters. The molecule has 0 atom stereocenters. The van der Waals surface area contributed by atoms with Gasteiger partial charge in [-0.05, 0) is 29.8 Å². The van der Waals surface area contributed by atoms with E-state index in [0.29, 0.717) is 6.07 Å². The van der Waals surface area contributed by atoms with Crippen LogP contribution in [-0.2, 0) is 0 Å². The summed E-state index contributed by atoms with van der Waals surface area (Å²) >= 11 is 4.54. The van der Waals surface area contributed by atoms with Gasteiger partial charge < -0.3 is 4.74 Å². The second-order valence-electron chi connectivity index (χ2n) is 2.67. The summed E-state index contributed by atoms with van der Waals surface area (Å²) in [6.07, 6.45) is 0. The van der Waals surface area contributed by atoms with Crippen LogP contribution >= 0.6 is 11.6 Å². The molecule has 0 aromatic heterocycles. The first kappa shape index (κ1) is 11.8. The summed E-state index contributed by atoms with van der Waals surface area (Å²) in [4.78, 5) is 11.1. The Bertz CT molecular complexity index is 387. The molecule has 0 bridgehead atoms. The first-order valence-electron chi connectivity index (χ1n) is 3.81. The fraction of sp³-hybridized carbons (Fsp3) is 0.222. The highest BCUT2D eigenvalue weighted by molar-refractivity contribution is 6.35. The minimum Gasteiger partial charge on any atom is -0.496 e. The van der Waals surface area contributed by atoms with Crippen LogP contribution < -0.4 is 4.74 Å². The lowest BCUT2D eigenvalue weighted by Crippen LogP contribution is -2.22. The highest BCUT2D eigenvalue weighted by Gasteiger charge is 2.38. The third-order valence-corrected chi connectivity index (χ3v) is 1.84. The van der Waals surface area contributed by atoms with Gasteiger partial charge in [0.25, 0.3) is 5.78 Å². The van der Waals surface area contributed by atoms with Crippen LogP contribution in [0.4, 0.5) is 13.2 Å². The summed E-state index contributed by atoms with van der Waals surface area (Å²) in [6, 6.07) is 2.71. The maximum atomic E-state index is 12.7. The molecule has 0 N–H and O–H groups in total. The van der Waals surface area contributed by atoms with E-state index in [1.807, 2.05) is 0 Å². The third kappa shape index (κ3) is 2.62. The number of rotatable bonds is 3. The van der Waals surface area contributed by atoms with Crippen molar-refractivity contribution in [3.05, 3.63) is 29.6 Å². The van der Waals surface area contributed by atoms with Gasteiger partial charge >= 0.3 is 5.38 Å². The van der Waals surface area contributed by atoms with E-state index in [0.717, 1.165) is 12.1 Å². The minimum atomic E-state index is -4.07. The summed E-state index contributed by atoms with van der Waals surface area (Å²) < 4.78 is 42.3. The molecule has 6 heteroatoms. The molecule has 0 fully saturated rings.